The van der Waals surface area contributed by atoms with Gasteiger partial charge in [-0.2, -0.15) is 13.2 Å². The minimum absolute atomic E-state index is 0.136. The maximum atomic E-state index is 12.6. The lowest BCUT2D eigenvalue weighted by Crippen LogP contribution is -2.11. The molecule has 0 atom stereocenters. The zero-order valence-corrected chi connectivity index (χ0v) is 17.4. The van der Waals surface area contributed by atoms with Crippen LogP contribution in [-0.4, -0.2) is 23.1 Å². The Kier molecular flexibility index (Phi) is 5.68. The number of rotatable bonds is 6. The molecule has 160 valence electrons. The molecule has 0 spiro atoms. The first-order valence-corrected chi connectivity index (χ1v) is 10.3. The lowest BCUT2D eigenvalue weighted by atomic mass is 10.0. The lowest BCUT2D eigenvalue weighted by Gasteiger charge is -2.10. The van der Waals surface area contributed by atoms with Crippen molar-refractivity contribution in [3.8, 4) is 0 Å². The van der Waals surface area contributed by atoms with E-state index >= 15 is 0 Å². The largest absolute Gasteiger partial charge is 0.446 e. The Morgan fingerprint density at radius 1 is 1.03 bits per heavy atom. The highest BCUT2D eigenvalue weighted by Gasteiger charge is 2.29. The van der Waals surface area contributed by atoms with Gasteiger partial charge in [-0.1, -0.05) is 30.3 Å². The molecule has 0 aliphatic rings. The predicted molar refractivity (Wildman–Crippen MR) is 116 cm³/mol. The van der Waals surface area contributed by atoms with Gasteiger partial charge in [-0.3, -0.25) is 4.79 Å². The van der Waals surface area contributed by atoms with E-state index in [2.05, 4.69) is 0 Å². The van der Waals surface area contributed by atoms with E-state index in [0.717, 1.165) is 32.9 Å². The Balaban J connectivity index is 1.84. The first-order valence-electron chi connectivity index (χ1n) is 9.44. The van der Waals surface area contributed by atoms with Crippen LogP contribution in [0.1, 0.15) is 21.5 Å². The van der Waals surface area contributed by atoms with Crippen LogP contribution in [0.5, 0.6) is 0 Å². The van der Waals surface area contributed by atoms with Crippen molar-refractivity contribution in [3.05, 3.63) is 77.4 Å². The molecule has 0 aliphatic carbocycles. The summed E-state index contributed by atoms with van der Waals surface area (Å²) >= 11 is -0.137. The maximum Gasteiger partial charge on any atom is 0.446 e. The Labute approximate surface area is 180 Å². The van der Waals surface area contributed by atoms with Crippen LogP contribution in [-0.2, 0) is 17.9 Å². The van der Waals surface area contributed by atoms with Gasteiger partial charge in [0.05, 0.1) is 12.1 Å². The number of alkyl halides is 3. The first kappa shape index (κ1) is 21.3. The molecule has 2 N–H and O–H groups in total. The van der Waals surface area contributed by atoms with Crippen LogP contribution in [0.3, 0.4) is 0 Å². The van der Waals surface area contributed by atoms with Crippen molar-refractivity contribution in [2.45, 2.75) is 23.6 Å². The standard InChI is InChI=1S/C23H19F3N2O2S/c1-30-13-15-7-10-17-20(11-15)28(19-4-2-3-18(21(17)19)22(27)29)12-14-5-8-16(9-6-14)31-23(24,25)26/h2-11H,12-13H2,1H3,(H2,27,29). The molecule has 0 saturated heterocycles. The molecule has 8 heteroatoms. The SMILES string of the molecule is COCc1ccc2c3c(C(N)=O)cccc3n(Cc3ccc(SC(F)(F)F)cc3)c2c1. The van der Waals surface area contributed by atoms with Gasteiger partial charge >= 0.3 is 5.51 Å². The van der Waals surface area contributed by atoms with E-state index in [-0.39, 0.29) is 16.7 Å². The number of aromatic nitrogens is 1. The molecule has 0 bridgehead atoms. The minimum Gasteiger partial charge on any atom is -0.380 e. The Morgan fingerprint density at radius 3 is 2.39 bits per heavy atom. The minimum atomic E-state index is -4.32. The summed E-state index contributed by atoms with van der Waals surface area (Å²) in [5.41, 5.74) is 5.25. The van der Waals surface area contributed by atoms with Crippen molar-refractivity contribution in [3.63, 3.8) is 0 Å². The van der Waals surface area contributed by atoms with Crippen LogP contribution < -0.4 is 5.73 Å². The summed E-state index contributed by atoms with van der Waals surface area (Å²) in [6.45, 7) is 0.860. The van der Waals surface area contributed by atoms with Gasteiger partial charge in [-0.15, -0.1) is 0 Å². The third-order valence-corrected chi connectivity index (χ3v) is 5.77. The molecule has 1 amide bonds. The lowest BCUT2D eigenvalue weighted by molar-refractivity contribution is -0.0328. The van der Waals surface area contributed by atoms with Crippen molar-refractivity contribution in [1.29, 1.82) is 0 Å². The molecule has 1 aromatic heterocycles. The predicted octanol–water partition coefficient (Wildman–Crippen LogP) is 5.70. The molecule has 4 nitrogen and oxygen atoms in total. The van der Waals surface area contributed by atoms with Crippen LogP contribution in [0.25, 0.3) is 21.8 Å². The van der Waals surface area contributed by atoms with Gasteiger partial charge in [0.1, 0.15) is 0 Å². The van der Waals surface area contributed by atoms with Crippen LogP contribution in [0.2, 0.25) is 0 Å². The van der Waals surface area contributed by atoms with Gasteiger partial charge < -0.3 is 15.0 Å². The quantitative estimate of drug-likeness (QED) is 0.388. The fraction of sp³-hybridized carbons (Fsp3) is 0.174. The van der Waals surface area contributed by atoms with Crippen LogP contribution in [0, 0.1) is 0 Å². The zero-order valence-electron chi connectivity index (χ0n) is 16.6. The maximum absolute atomic E-state index is 12.6. The fourth-order valence-electron chi connectivity index (χ4n) is 3.80. The topological polar surface area (TPSA) is 57.2 Å². The summed E-state index contributed by atoms with van der Waals surface area (Å²) in [6.07, 6.45) is 0. The second kappa shape index (κ2) is 8.28. The highest BCUT2D eigenvalue weighted by atomic mass is 32.2. The van der Waals surface area contributed by atoms with Gasteiger partial charge in [0.25, 0.3) is 0 Å². The van der Waals surface area contributed by atoms with Crippen molar-refractivity contribution in [1.82, 2.24) is 4.57 Å². The molecule has 0 unspecified atom stereocenters. The van der Waals surface area contributed by atoms with Crippen molar-refractivity contribution >= 4 is 39.5 Å². The van der Waals surface area contributed by atoms with Crippen molar-refractivity contribution in [2.75, 3.05) is 7.11 Å². The van der Waals surface area contributed by atoms with Crippen LogP contribution in [0.15, 0.2) is 65.6 Å². The Hall–Kier alpha value is -2.97. The number of nitrogens with two attached hydrogens (primary N) is 1. The molecule has 1 heterocycles. The van der Waals surface area contributed by atoms with Crippen molar-refractivity contribution < 1.29 is 22.7 Å². The highest BCUT2D eigenvalue weighted by Crippen LogP contribution is 2.37. The van der Waals surface area contributed by atoms with E-state index < -0.39 is 11.4 Å². The fourth-order valence-corrected chi connectivity index (χ4v) is 4.34. The smallest absolute Gasteiger partial charge is 0.380 e. The number of ether oxygens (including phenoxy) is 1. The second-order valence-electron chi connectivity index (χ2n) is 7.13. The van der Waals surface area contributed by atoms with E-state index in [0.29, 0.717) is 18.7 Å². The summed E-state index contributed by atoms with van der Waals surface area (Å²) in [6, 6.07) is 17.6. The number of amides is 1. The summed E-state index contributed by atoms with van der Waals surface area (Å²) < 4.78 is 45.1. The number of hydrogen-bond acceptors (Lipinski definition) is 3. The second-order valence-corrected chi connectivity index (χ2v) is 8.26. The number of benzene rings is 3. The number of thioether (sulfide) groups is 1. The van der Waals surface area contributed by atoms with Gasteiger partial charge in [0, 0.05) is 40.4 Å². The van der Waals surface area contributed by atoms with E-state index in [1.165, 1.54) is 12.1 Å². The van der Waals surface area contributed by atoms with Gasteiger partial charge in [-0.25, -0.2) is 0 Å². The van der Waals surface area contributed by atoms with Crippen LogP contribution >= 0.6 is 11.8 Å². The number of halogens is 3. The molecular formula is C23H19F3N2O2S. The zero-order chi connectivity index (χ0) is 22.2. The van der Waals surface area contributed by atoms with Gasteiger partial charge in [-0.05, 0) is 53.2 Å². The van der Waals surface area contributed by atoms with E-state index in [1.54, 1.807) is 31.4 Å². The summed E-state index contributed by atoms with van der Waals surface area (Å²) in [5, 5.41) is 1.65. The number of carbonyl (C=O) groups is 1. The summed E-state index contributed by atoms with van der Waals surface area (Å²) in [5.74, 6) is -0.515. The average molecular weight is 444 g/mol. The summed E-state index contributed by atoms with van der Waals surface area (Å²) in [4.78, 5) is 12.2. The first-order chi connectivity index (χ1) is 14.8. The van der Waals surface area contributed by atoms with E-state index in [9.17, 15) is 18.0 Å². The molecular weight excluding hydrogens is 425 g/mol. The molecule has 0 saturated carbocycles. The monoisotopic (exact) mass is 444 g/mol. The van der Waals surface area contributed by atoms with Crippen molar-refractivity contribution in [2.24, 2.45) is 5.73 Å². The molecule has 4 rings (SSSR count). The van der Waals surface area contributed by atoms with Gasteiger partial charge in [0.15, 0.2) is 0 Å². The number of nitrogens with zero attached hydrogens (tertiary/aromatic N) is 1. The van der Waals surface area contributed by atoms with Crippen LogP contribution in [0.4, 0.5) is 13.2 Å². The molecule has 4 aromatic rings. The number of fused-ring (bicyclic) bond motifs is 3. The summed E-state index contributed by atoms with van der Waals surface area (Å²) in [7, 11) is 1.62. The third-order valence-electron chi connectivity index (χ3n) is 5.03. The van der Waals surface area contributed by atoms with Gasteiger partial charge in [0.2, 0.25) is 5.91 Å². The Morgan fingerprint density at radius 2 is 1.74 bits per heavy atom. The molecule has 0 fully saturated rings. The molecule has 3 aromatic carbocycles. The van der Waals surface area contributed by atoms with E-state index in [4.69, 9.17) is 10.5 Å². The molecule has 31 heavy (non-hydrogen) atoms. The number of primary amides is 1. The van der Waals surface area contributed by atoms with E-state index in [1.807, 2.05) is 28.8 Å². The normalized spacial score (nSPS) is 12.0. The molecule has 0 aliphatic heterocycles. The number of methoxy groups -OCH3 is 1. The number of carbonyl (C=O) groups excluding carboxylic acids is 1. The highest BCUT2D eigenvalue weighted by molar-refractivity contribution is 8.00. The number of hydrogen-bond donors (Lipinski definition) is 1. The Bertz CT molecular complexity index is 1260. The third kappa shape index (κ3) is 4.40. The molecule has 0 radical (unpaired) electrons. The average Bonchev–Trinajstić information content (AvgIpc) is 3.02.